The topological polar surface area (TPSA) is 37.5 Å². The molecule has 0 saturated carbocycles. The molecule has 1 N–H and O–H groups in total. The summed E-state index contributed by atoms with van der Waals surface area (Å²) in [5, 5.41) is 3.21. The van der Waals surface area contributed by atoms with Crippen LogP contribution in [0.3, 0.4) is 0 Å². The number of aliphatic imine (C=N–C) groups is 1. The molecule has 0 amide bonds. The first-order chi connectivity index (χ1) is 6.06. The maximum Gasteiger partial charge on any atom is 0.124 e. The third-order valence-electron chi connectivity index (χ3n) is 2.20. The van der Waals surface area contributed by atoms with Crippen LogP contribution in [0.4, 0.5) is 5.69 Å². The van der Waals surface area contributed by atoms with Gasteiger partial charge in [0.25, 0.3) is 0 Å². The predicted octanol–water partition coefficient (Wildman–Crippen LogP) is 2.66. The second-order valence-electron chi connectivity index (χ2n) is 3.15. The van der Waals surface area contributed by atoms with E-state index in [0.717, 1.165) is 28.6 Å². The van der Waals surface area contributed by atoms with Gasteiger partial charge in [-0.3, -0.25) is 4.99 Å². The molecule has 13 heavy (non-hydrogen) atoms. The van der Waals surface area contributed by atoms with Crippen LogP contribution in [0.15, 0.2) is 9.41 Å². The number of hydrogen-bond acceptors (Lipinski definition) is 2. The van der Waals surface area contributed by atoms with Crippen molar-refractivity contribution in [2.45, 2.75) is 27.7 Å². The SMILES string of the molecule is CN=C(C)Nc1c(C)oc(C)c1C. The molecule has 0 aromatic carbocycles. The average molecular weight is 180 g/mol. The van der Waals surface area contributed by atoms with Gasteiger partial charge in [-0.1, -0.05) is 0 Å². The predicted molar refractivity (Wildman–Crippen MR) is 55.6 cm³/mol. The number of hydrogen-bond donors (Lipinski definition) is 1. The van der Waals surface area contributed by atoms with Crippen LogP contribution in [0.25, 0.3) is 0 Å². The molecule has 72 valence electrons. The van der Waals surface area contributed by atoms with Crippen molar-refractivity contribution in [1.29, 1.82) is 0 Å². The standard InChI is InChI=1S/C10H16N2O/c1-6-7(2)13-8(3)10(6)12-9(4)11-5/h1-5H3,(H,11,12). The Morgan fingerprint density at radius 2 is 1.85 bits per heavy atom. The molecular formula is C10H16N2O. The maximum atomic E-state index is 5.47. The van der Waals surface area contributed by atoms with Gasteiger partial charge < -0.3 is 9.73 Å². The van der Waals surface area contributed by atoms with Gasteiger partial charge >= 0.3 is 0 Å². The van der Waals surface area contributed by atoms with Gasteiger partial charge in [-0.2, -0.15) is 0 Å². The Morgan fingerprint density at radius 1 is 1.23 bits per heavy atom. The summed E-state index contributed by atoms with van der Waals surface area (Å²) in [6.45, 7) is 7.88. The summed E-state index contributed by atoms with van der Waals surface area (Å²) in [5.74, 6) is 2.77. The number of nitrogens with zero attached hydrogens (tertiary/aromatic N) is 1. The summed E-state index contributed by atoms with van der Waals surface area (Å²) in [6.07, 6.45) is 0. The first kappa shape index (κ1) is 9.84. The van der Waals surface area contributed by atoms with Gasteiger partial charge in [0.2, 0.25) is 0 Å². The largest absolute Gasteiger partial charge is 0.464 e. The van der Waals surface area contributed by atoms with Crippen LogP contribution in [0.2, 0.25) is 0 Å². The van der Waals surface area contributed by atoms with Crippen molar-refractivity contribution in [2.75, 3.05) is 12.4 Å². The number of nitrogens with one attached hydrogen (secondary N) is 1. The van der Waals surface area contributed by atoms with Gasteiger partial charge in [0.15, 0.2) is 0 Å². The molecule has 3 nitrogen and oxygen atoms in total. The molecule has 0 spiro atoms. The molecular weight excluding hydrogens is 164 g/mol. The van der Waals surface area contributed by atoms with Crippen molar-refractivity contribution in [3.63, 3.8) is 0 Å². The molecule has 1 rings (SSSR count). The van der Waals surface area contributed by atoms with Gasteiger partial charge in [-0.25, -0.2) is 0 Å². The van der Waals surface area contributed by atoms with Crippen LogP contribution in [0.5, 0.6) is 0 Å². The van der Waals surface area contributed by atoms with E-state index in [4.69, 9.17) is 4.42 Å². The molecule has 0 saturated heterocycles. The van der Waals surface area contributed by atoms with Crippen molar-refractivity contribution >= 4 is 11.5 Å². The molecule has 1 heterocycles. The summed E-state index contributed by atoms with van der Waals surface area (Å²) in [5.41, 5.74) is 2.20. The molecule has 0 atom stereocenters. The Balaban J connectivity index is 3.00. The van der Waals surface area contributed by atoms with Crippen molar-refractivity contribution in [3.05, 3.63) is 17.1 Å². The molecule has 0 radical (unpaired) electrons. The lowest BCUT2D eigenvalue weighted by Gasteiger charge is -2.03. The van der Waals surface area contributed by atoms with E-state index in [1.165, 1.54) is 0 Å². The summed E-state index contributed by atoms with van der Waals surface area (Å²) in [6, 6.07) is 0. The van der Waals surface area contributed by atoms with Crippen molar-refractivity contribution in [2.24, 2.45) is 4.99 Å². The maximum absolute atomic E-state index is 5.47. The highest BCUT2D eigenvalue weighted by Crippen LogP contribution is 2.25. The Bertz CT molecular complexity index is 337. The Labute approximate surface area is 78.9 Å². The molecule has 0 aliphatic rings. The molecule has 1 aromatic heterocycles. The number of amidine groups is 1. The van der Waals surface area contributed by atoms with E-state index in [1.807, 2.05) is 27.7 Å². The lowest BCUT2D eigenvalue weighted by atomic mass is 10.2. The average Bonchev–Trinajstić information content (AvgIpc) is 2.32. The monoisotopic (exact) mass is 180 g/mol. The first-order valence-corrected chi connectivity index (χ1v) is 4.33. The lowest BCUT2D eigenvalue weighted by Crippen LogP contribution is -2.07. The van der Waals surface area contributed by atoms with Crippen LogP contribution in [0, 0.1) is 20.8 Å². The third-order valence-corrected chi connectivity index (χ3v) is 2.20. The van der Waals surface area contributed by atoms with Crippen molar-refractivity contribution in [1.82, 2.24) is 0 Å². The minimum atomic E-state index is 0.895. The van der Waals surface area contributed by atoms with E-state index in [-0.39, 0.29) is 0 Å². The lowest BCUT2D eigenvalue weighted by molar-refractivity contribution is 0.503. The van der Waals surface area contributed by atoms with Crippen molar-refractivity contribution in [3.8, 4) is 0 Å². The summed E-state index contributed by atoms with van der Waals surface area (Å²) in [4.78, 5) is 4.04. The van der Waals surface area contributed by atoms with Gasteiger partial charge in [0, 0.05) is 12.6 Å². The van der Waals surface area contributed by atoms with E-state index < -0.39 is 0 Å². The number of furan rings is 1. The molecule has 0 fully saturated rings. The second-order valence-corrected chi connectivity index (χ2v) is 3.15. The number of anilines is 1. The zero-order chi connectivity index (χ0) is 10.0. The molecule has 1 aromatic rings. The van der Waals surface area contributed by atoms with E-state index in [9.17, 15) is 0 Å². The fraction of sp³-hybridized carbons (Fsp3) is 0.500. The van der Waals surface area contributed by atoms with Crippen LogP contribution >= 0.6 is 0 Å². The molecule has 0 aliphatic heterocycles. The number of rotatable bonds is 1. The zero-order valence-corrected chi connectivity index (χ0v) is 8.86. The summed E-state index contributed by atoms with van der Waals surface area (Å²) in [7, 11) is 1.76. The molecule has 0 unspecified atom stereocenters. The number of aryl methyl sites for hydroxylation is 2. The highest BCUT2D eigenvalue weighted by atomic mass is 16.3. The highest BCUT2D eigenvalue weighted by Gasteiger charge is 2.10. The molecule has 0 bridgehead atoms. The smallest absolute Gasteiger partial charge is 0.124 e. The van der Waals surface area contributed by atoms with Gasteiger partial charge in [-0.15, -0.1) is 0 Å². The van der Waals surface area contributed by atoms with E-state index >= 15 is 0 Å². The quantitative estimate of drug-likeness (QED) is 0.533. The van der Waals surface area contributed by atoms with Crippen LogP contribution in [0.1, 0.15) is 24.0 Å². The minimum absolute atomic E-state index is 0.895. The van der Waals surface area contributed by atoms with Crippen LogP contribution < -0.4 is 5.32 Å². The van der Waals surface area contributed by atoms with E-state index in [1.54, 1.807) is 7.05 Å². The van der Waals surface area contributed by atoms with Gasteiger partial charge in [0.1, 0.15) is 11.5 Å². The fourth-order valence-corrected chi connectivity index (χ4v) is 1.22. The fourth-order valence-electron chi connectivity index (χ4n) is 1.22. The normalized spacial score (nSPS) is 11.9. The Morgan fingerprint density at radius 3 is 2.23 bits per heavy atom. The summed E-state index contributed by atoms with van der Waals surface area (Å²) < 4.78 is 5.47. The first-order valence-electron chi connectivity index (χ1n) is 4.33. The van der Waals surface area contributed by atoms with Crippen LogP contribution in [-0.4, -0.2) is 12.9 Å². The van der Waals surface area contributed by atoms with Gasteiger partial charge in [-0.05, 0) is 27.7 Å². The van der Waals surface area contributed by atoms with Crippen LogP contribution in [-0.2, 0) is 0 Å². The molecule has 3 heteroatoms. The van der Waals surface area contributed by atoms with E-state index in [2.05, 4.69) is 10.3 Å². The van der Waals surface area contributed by atoms with Crippen molar-refractivity contribution < 1.29 is 4.42 Å². The van der Waals surface area contributed by atoms with Gasteiger partial charge in [0.05, 0.1) is 11.5 Å². The third kappa shape index (κ3) is 1.91. The highest BCUT2D eigenvalue weighted by molar-refractivity contribution is 5.94. The zero-order valence-electron chi connectivity index (χ0n) is 8.86. The summed E-state index contributed by atoms with van der Waals surface area (Å²) >= 11 is 0. The Kier molecular flexibility index (Phi) is 2.76. The van der Waals surface area contributed by atoms with E-state index in [0.29, 0.717) is 0 Å². The Hall–Kier alpha value is -1.25. The second kappa shape index (κ2) is 3.64. The molecule has 0 aliphatic carbocycles. The minimum Gasteiger partial charge on any atom is -0.464 e.